The summed E-state index contributed by atoms with van der Waals surface area (Å²) in [6, 6.07) is 15.7. The zero-order valence-electron chi connectivity index (χ0n) is 10.1. The first-order valence-corrected chi connectivity index (χ1v) is 7.43. The van der Waals surface area contributed by atoms with E-state index in [1.165, 1.54) is 0 Å². The first kappa shape index (κ1) is 12.6. The summed E-state index contributed by atoms with van der Waals surface area (Å²) in [5.74, 6) is 0.469. The summed E-state index contributed by atoms with van der Waals surface area (Å²) in [7, 11) is 0. The van der Waals surface area contributed by atoms with Crippen LogP contribution in [-0.4, -0.2) is 11.7 Å². The highest BCUT2D eigenvalue weighted by atomic mass is 35.5. The van der Waals surface area contributed by atoms with Gasteiger partial charge in [0, 0.05) is 10.7 Å². The van der Waals surface area contributed by atoms with E-state index in [9.17, 15) is 4.79 Å². The molecule has 0 radical (unpaired) electrons. The first-order chi connectivity index (χ1) is 9.25. The molecule has 1 unspecified atom stereocenters. The molecule has 1 N–H and O–H groups in total. The molecule has 0 aliphatic carbocycles. The number of hydrogen-bond donors (Lipinski definition) is 1. The van der Waals surface area contributed by atoms with E-state index >= 15 is 0 Å². The molecule has 19 heavy (non-hydrogen) atoms. The maximum Gasteiger partial charge on any atom is 0.234 e. The molecule has 2 aromatic carbocycles. The highest BCUT2D eigenvalue weighted by molar-refractivity contribution is 8.00. The van der Waals surface area contributed by atoms with Gasteiger partial charge in [0.05, 0.1) is 11.0 Å². The number of halogens is 1. The summed E-state index contributed by atoms with van der Waals surface area (Å²) in [4.78, 5) is 11.7. The van der Waals surface area contributed by atoms with Gasteiger partial charge >= 0.3 is 0 Å². The first-order valence-electron chi connectivity index (χ1n) is 6.00. The second kappa shape index (κ2) is 5.27. The number of anilines is 1. The molecule has 1 aliphatic heterocycles. The molecule has 1 amide bonds. The maximum absolute atomic E-state index is 11.7. The number of fused-ring (bicyclic) bond motifs is 1. The van der Waals surface area contributed by atoms with Gasteiger partial charge in [-0.1, -0.05) is 48.0 Å². The lowest BCUT2D eigenvalue weighted by Crippen LogP contribution is -2.12. The van der Waals surface area contributed by atoms with Crippen molar-refractivity contribution in [1.29, 1.82) is 0 Å². The zero-order chi connectivity index (χ0) is 13.2. The van der Waals surface area contributed by atoms with Crippen molar-refractivity contribution >= 4 is 35.0 Å². The summed E-state index contributed by atoms with van der Waals surface area (Å²) in [5.41, 5.74) is 3.03. The number of carbonyl (C=O) groups is 1. The second-order valence-electron chi connectivity index (χ2n) is 4.35. The SMILES string of the molecule is O=C1CSC(c2ccccc2Cl)c2ccccc2N1. The number of rotatable bonds is 1. The predicted octanol–water partition coefficient (Wildman–Crippen LogP) is 4.11. The van der Waals surface area contributed by atoms with E-state index in [0.717, 1.165) is 21.8 Å². The van der Waals surface area contributed by atoms with Crippen molar-refractivity contribution in [3.8, 4) is 0 Å². The zero-order valence-corrected chi connectivity index (χ0v) is 11.7. The predicted molar refractivity (Wildman–Crippen MR) is 80.8 cm³/mol. The van der Waals surface area contributed by atoms with Crippen LogP contribution in [0.4, 0.5) is 5.69 Å². The Morgan fingerprint density at radius 2 is 1.74 bits per heavy atom. The largest absolute Gasteiger partial charge is 0.325 e. The van der Waals surface area contributed by atoms with Crippen molar-refractivity contribution in [2.24, 2.45) is 0 Å². The molecule has 4 heteroatoms. The van der Waals surface area contributed by atoms with Gasteiger partial charge in [-0.15, -0.1) is 11.8 Å². The molecular formula is C15H12ClNOS. The summed E-state index contributed by atoms with van der Waals surface area (Å²) < 4.78 is 0. The van der Waals surface area contributed by atoms with E-state index in [0.29, 0.717) is 5.75 Å². The fraction of sp³-hybridized carbons (Fsp3) is 0.133. The van der Waals surface area contributed by atoms with Crippen molar-refractivity contribution in [2.75, 3.05) is 11.1 Å². The molecule has 96 valence electrons. The highest BCUT2D eigenvalue weighted by Crippen LogP contribution is 2.43. The Hall–Kier alpha value is -1.45. The minimum absolute atomic E-state index is 0.0343. The Morgan fingerprint density at radius 1 is 1.05 bits per heavy atom. The molecule has 1 heterocycles. The van der Waals surface area contributed by atoms with Crippen LogP contribution in [0, 0.1) is 0 Å². The normalized spacial score (nSPS) is 18.4. The number of para-hydroxylation sites is 1. The average Bonchev–Trinajstić information content (AvgIpc) is 2.58. The van der Waals surface area contributed by atoms with Crippen molar-refractivity contribution in [2.45, 2.75) is 5.25 Å². The van der Waals surface area contributed by atoms with Crippen LogP contribution in [0.2, 0.25) is 5.02 Å². The molecule has 1 aliphatic rings. The molecule has 3 rings (SSSR count). The minimum Gasteiger partial charge on any atom is -0.325 e. The van der Waals surface area contributed by atoms with Gasteiger partial charge in [0.25, 0.3) is 0 Å². The van der Waals surface area contributed by atoms with Crippen LogP contribution in [0.5, 0.6) is 0 Å². The number of carbonyl (C=O) groups excluding carboxylic acids is 1. The van der Waals surface area contributed by atoms with Gasteiger partial charge in [-0.05, 0) is 23.3 Å². The van der Waals surface area contributed by atoms with Crippen LogP contribution in [-0.2, 0) is 4.79 Å². The lowest BCUT2D eigenvalue weighted by molar-refractivity contribution is -0.113. The van der Waals surface area contributed by atoms with Gasteiger partial charge in [0.15, 0.2) is 0 Å². The minimum atomic E-state index is 0.0343. The summed E-state index contributed by atoms with van der Waals surface area (Å²) in [6.07, 6.45) is 0. The van der Waals surface area contributed by atoms with E-state index in [1.54, 1.807) is 11.8 Å². The van der Waals surface area contributed by atoms with E-state index in [2.05, 4.69) is 5.32 Å². The molecule has 2 aromatic rings. The number of amides is 1. The molecule has 0 spiro atoms. The van der Waals surface area contributed by atoms with Crippen LogP contribution in [0.25, 0.3) is 0 Å². The van der Waals surface area contributed by atoms with E-state index < -0.39 is 0 Å². The van der Waals surface area contributed by atoms with Crippen LogP contribution in [0.15, 0.2) is 48.5 Å². The van der Waals surface area contributed by atoms with Crippen LogP contribution < -0.4 is 5.32 Å². The summed E-state index contributed by atoms with van der Waals surface area (Å²) in [6.45, 7) is 0. The Balaban J connectivity index is 2.12. The Labute approximate surface area is 121 Å². The van der Waals surface area contributed by atoms with Gasteiger partial charge < -0.3 is 5.32 Å². The number of hydrogen-bond acceptors (Lipinski definition) is 2. The monoisotopic (exact) mass is 289 g/mol. The lowest BCUT2D eigenvalue weighted by atomic mass is 10.0. The van der Waals surface area contributed by atoms with Gasteiger partial charge in [-0.2, -0.15) is 0 Å². The third-order valence-electron chi connectivity index (χ3n) is 3.09. The molecule has 0 fully saturated rings. The Bertz CT molecular complexity index is 629. The fourth-order valence-electron chi connectivity index (χ4n) is 2.22. The maximum atomic E-state index is 11.7. The number of benzene rings is 2. The fourth-order valence-corrected chi connectivity index (χ4v) is 3.69. The molecule has 0 saturated heterocycles. The summed E-state index contributed by atoms with van der Waals surface area (Å²) in [5, 5.41) is 3.77. The van der Waals surface area contributed by atoms with Crippen molar-refractivity contribution in [1.82, 2.24) is 0 Å². The van der Waals surface area contributed by atoms with E-state index in [-0.39, 0.29) is 11.2 Å². The van der Waals surface area contributed by atoms with Gasteiger partial charge in [-0.3, -0.25) is 4.79 Å². The van der Waals surface area contributed by atoms with E-state index in [1.807, 2.05) is 48.5 Å². The smallest absolute Gasteiger partial charge is 0.234 e. The lowest BCUT2D eigenvalue weighted by Gasteiger charge is -2.18. The number of nitrogens with one attached hydrogen (secondary N) is 1. The topological polar surface area (TPSA) is 29.1 Å². The number of thioether (sulfide) groups is 1. The van der Waals surface area contributed by atoms with Crippen LogP contribution >= 0.6 is 23.4 Å². The van der Waals surface area contributed by atoms with Crippen molar-refractivity contribution in [3.05, 3.63) is 64.7 Å². The molecular weight excluding hydrogens is 278 g/mol. The van der Waals surface area contributed by atoms with Gasteiger partial charge in [0.1, 0.15) is 0 Å². The summed E-state index contributed by atoms with van der Waals surface area (Å²) >= 11 is 7.90. The molecule has 1 atom stereocenters. The quantitative estimate of drug-likeness (QED) is 0.856. The van der Waals surface area contributed by atoms with Gasteiger partial charge in [-0.25, -0.2) is 0 Å². The van der Waals surface area contributed by atoms with Crippen LogP contribution in [0.3, 0.4) is 0 Å². The molecule has 2 nitrogen and oxygen atoms in total. The third-order valence-corrected chi connectivity index (χ3v) is 4.70. The Kier molecular flexibility index (Phi) is 3.49. The van der Waals surface area contributed by atoms with Crippen molar-refractivity contribution in [3.63, 3.8) is 0 Å². The Morgan fingerprint density at radius 3 is 2.53 bits per heavy atom. The second-order valence-corrected chi connectivity index (χ2v) is 5.85. The molecule has 0 saturated carbocycles. The van der Waals surface area contributed by atoms with Crippen LogP contribution in [0.1, 0.15) is 16.4 Å². The van der Waals surface area contributed by atoms with Gasteiger partial charge in [0.2, 0.25) is 5.91 Å². The van der Waals surface area contributed by atoms with Crippen molar-refractivity contribution < 1.29 is 4.79 Å². The average molecular weight is 290 g/mol. The molecule has 0 aromatic heterocycles. The third kappa shape index (κ3) is 2.48. The van der Waals surface area contributed by atoms with E-state index in [4.69, 9.17) is 11.6 Å². The highest BCUT2D eigenvalue weighted by Gasteiger charge is 2.24. The standard InChI is InChI=1S/C15H12ClNOS/c16-12-7-3-1-5-10(12)15-11-6-2-4-8-13(11)17-14(18)9-19-15/h1-8,15H,9H2,(H,17,18). The molecule has 0 bridgehead atoms.